The smallest absolute Gasteiger partial charge is 0.387 e. The summed E-state index contributed by atoms with van der Waals surface area (Å²) in [5.74, 6) is 0.427. The first-order chi connectivity index (χ1) is 18.6. The minimum absolute atomic E-state index is 0.0965. The van der Waals surface area contributed by atoms with Crippen molar-refractivity contribution in [3.05, 3.63) is 82.4 Å². The summed E-state index contributed by atoms with van der Waals surface area (Å²) >= 11 is 13.8. The molecule has 0 aliphatic heterocycles. The summed E-state index contributed by atoms with van der Waals surface area (Å²) < 4.78 is 42.5. The second kappa shape index (κ2) is 14.6. The number of hydrogen-bond acceptors (Lipinski definition) is 6. The maximum Gasteiger partial charge on any atom is 0.387 e. The van der Waals surface area contributed by atoms with Gasteiger partial charge >= 0.3 is 11.9 Å². The summed E-state index contributed by atoms with van der Waals surface area (Å²) in [5, 5.41) is 0.110. The van der Waals surface area contributed by atoms with Crippen molar-refractivity contribution >= 4 is 46.0 Å². The SMILES string of the molecule is C=C/C(Cl)=C(C[C@H](OC(=O)Sc1cccc(N(C)C)c1)c1ccc(OC(F)F)c(OCC2CC2)c1)\C(Cl)=C/C. The average Bonchev–Trinajstić information content (AvgIpc) is 3.74. The Morgan fingerprint density at radius 3 is 2.54 bits per heavy atom. The number of halogens is 4. The second-order valence-corrected chi connectivity index (χ2v) is 10.9. The molecular formula is C29H31Cl2F2NO4S. The highest BCUT2D eigenvalue weighted by molar-refractivity contribution is 8.13. The van der Waals surface area contributed by atoms with Crippen molar-refractivity contribution in [2.45, 2.75) is 43.8 Å². The number of alkyl halides is 2. The summed E-state index contributed by atoms with van der Waals surface area (Å²) in [5.41, 5.74) is 1.95. The number of carbonyl (C=O) groups is 1. The van der Waals surface area contributed by atoms with Gasteiger partial charge in [-0.3, -0.25) is 0 Å². The molecule has 0 heterocycles. The van der Waals surface area contributed by atoms with E-state index in [1.807, 2.05) is 43.3 Å². The summed E-state index contributed by atoms with van der Waals surface area (Å²) in [6.07, 6.45) is 4.40. The lowest BCUT2D eigenvalue weighted by molar-refractivity contribution is -0.0515. The third-order valence-corrected chi connectivity index (χ3v) is 7.48. The monoisotopic (exact) mass is 597 g/mol. The molecule has 1 saturated carbocycles. The predicted octanol–water partition coefficient (Wildman–Crippen LogP) is 9.32. The van der Waals surface area contributed by atoms with E-state index in [9.17, 15) is 13.6 Å². The highest BCUT2D eigenvalue weighted by atomic mass is 35.5. The van der Waals surface area contributed by atoms with Crippen LogP contribution in [0.2, 0.25) is 0 Å². The zero-order valence-electron chi connectivity index (χ0n) is 22.0. The minimum Gasteiger partial charge on any atom is -0.489 e. The Hall–Kier alpha value is -2.68. The largest absolute Gasteiger partial charge is 0.489 e. The third kappa shape index (κ3) is 9.48. The Bertz CT molecular complexity index is 1230. The number of thioether (sulfide) groups is 1. The number of anilines is 1. The maximum atomic E-state index is 13.1. The standard InChI is InChI=1S/C29H31Cl2F2NO4S/c1-5-23(30)22(24(31)6-2)16-26(38-29(35)39-21-9-7-8-20(15-21)34(3)4)19-12-13-25(37-28(32)33)27(14-19)36-17-18-10-11-18/h5-9,12-15,18,26,28H,1,10-11,16-17H2,2-4H3/b23-22+,24-6+/t26-/m0/s1. The highest BCUT2D eigenvalue weighted by Crippen LogP contribution is 2.40. The Morgan fingerprint density at radius 1 is 1.18 bits per heavy atom. The van der Waals surface area contributed by atoms with Gasteiger partial charge in [0.15, 0.2) is 11.5 Å². The molecule has 0 amide bonds. The van der Waals surface area contributed by atoms with Gasteiger partial charge in [-0.1, -0.05) is 54.1 Å². The Morgan fingerprint density at radius 2 is 1.92 bits per heavy atom. The molecule has 0 spiro atoms. The number of nitrogens with zero attached hydrogens (tertiary/aromatic N) is 1. The van der Waals surface area contributed by atoms with E-state index in [2.05, 4.69) is 11.3 Å². The van der Waals surface area contributed by atoms with E-state index in [1.165, 1.54) is 12.1 Å². The van der Waals surface area contributed by atoms with Gasteiger partial charge in [-0.2, -0.15) is 8.78 Å². The molecule has 1 aliphatic rings. The average molecular weight is 599 g/mol. The molecule has 210 valence electrons. The zero-order valence-corrected chi connectivity index (χ0v) is 24.3. The molecule has 0 aromatic heterocycles. The van der Waals surface area contributed by atoms with Crippen molar-refractivity contribution in [3.63, 3.8) is 0 Å². The number of rotatable bonds is 13. The summed E-state index contributed by atoms with van der Waals surface area (Å²) in [6.45, 7) is 2.83. The third-order valence-electron chi connectivity index (χ3n) is 5.90. The molecule has 5 nitrogen and oxygen atoms in total. The van der Waals surface area contributed by atoms with Crippen LogP contribution in [0.4, 0.5) is 19.3 Å². The van der Waals surface area contributed by atoms with Crippen LogP contribution >= 0.6 is 35.0 Å². The fourth-order valence-corrected chi connectivity index (χ4v) is 4.69. The summed E-state index contributed by atoms with van der Waals surface area (Å²) in [4.78, 5) is 15.7. The first kappa shape index (κ1) is 30.9. The molecule has 0 N–H and O–H groups in total. The molecule has 2 aromatic rings. The van der Waals surface area contributed by atoms with Crippen LogP contribution in [0, 0.1) is 5.92 Å². The summed E-state index contributed by atoms with van der Waals surface area (Å²) in [6, 6.07) is 12.0. The molecule has 39 heavy (non-hydrogen) atoms. The zero-order chi connectivity index (χ0) is 28.5. The Kier molecular flexibility index (Phi) is 11.6. The van der Waals surface area contributed by atoms with Crippen LogP contribution in [0.25, 0.3) is 0 Å². The van der Waals surface area contributed by atoms with Gasteiger partial charge in [-0.05, 0) is 78.9 Å². The van der Waals surface area contributed by atoms with E-state index < -0.39 is 18.0 Å². The predicted molar refractivity (Wildman–Crippen MR) is 154 cm³/mol. The first-order valence-corrected chi connectivity index (χ1v) is 13.9. The number of allylic oxidation sites excluding steroid dienone is 4. The van der Waals surface area contributed by atoms with Gasteiger partial charge in [0.2, 0.25) is 0 Å². The molecule has 10 heteroatoms. The summed E-state index contributed by atoms with van der Waals surface area (Å²) in [7, 11) is 3.81. The second-order valence-electron chi connectivity index (χ2n) is 9.06. The van der Waals surface area contributed by atoms with Crippen LogP contribution < -0.4 is 14.4 Å². The maximum absolute atomic E-state index is 13.1. The topological polar surface area (TPSA) is 48.0 Å². The van der Waals surface area contributed by atoms with Crippen molar-refractivity contribution < 1.29 is 27.8 Å². The minimum atomic E-state index is -3.02. The van der Waals surface area contributed by atoms with Crippen LogP contribution in [0.15, 0.2) is 81.7 Å². The quantitative estimate of drug-likeness (QED) is 0.130. The lowest BCUT2D eigenvalue weighted by Gasteiger charge is -2.22. The Balaban J connectivity index is 1.95. The van der Waals surface area contributed by atoms with Gasteiger partial charge in [0, 0.05) is 41.2 Å². The normalized spacial score (nSPS) is 14.9. The van der Waals surface area contributed by atoms with Crippen molar-refractivity contribution in [3.8, 4) is 11.5 Å². The van der Waals surface area contributed by atoms with Crippen LogP contribution in [0.5, 0.6) is 11.5 Å². The van der Waals surface area contributed by atoms with Gasteiger partial charge in [0.1, 0.15) is 6.10 Å². The first-order valence-electron chi connectivity index (χ1n) is 12.3. The van der Waals surface area contributed by atoms with Crippen molar-refractivity contribution in [1.82, 2.24) is 0 Å². The number of hydrogen-bond donors (Lipinski definition) is 0. The van der Waals surface area contributed by atoms with Crippen molar-refractivity contribution in [2.24, 2.45) is 5.92 Å². The highest BCUT2D eigenvalue weighted by Gasteiger charge is 2.26. The fourth-order valence-electron chi connectivity index (χ4n) is 3.60. The van der Waals surface area contributed by atoms with Crippen LogP contribution in [-0.2, 0) is 4.74 Å². The number of ether oxygens (including phenoxy) is 3. The number of benzene rings is 2. The van der Waals surface area contributed by atoms with E-state index in [1.54, 1.807) is 25.1 Å². The lowest BCUT2D eigenvalue weighted by atomic mass is 9.99. The number of carbonyl (C=O) groups excluding carboxylic acids is 1. The molecule has 0 bridgehead atoms. The van der Waals surface area contributed by atoms with Gasteiger partial charge in [-0.25, -0.2) is 4.79 Å². The molecule has 3 rings (SSSR count). The van der Waals surface area contributed by atoms with E-state index in [-0.39, 0.29) is 17.9 Å². The van der Waals surface area contributed by atoms with Gasteiger partial charge < -0.3 is 19.1 Å². The molecule has 1 aliphatic carbocycles. The molecular weight excluding hydrogens is 567 g/mol. The van der Waals surface area contributed by atoms with Crippen molar-refractivity contribution in [2.75, 3.05) is 25.6 Å². The molecule has 0 radical (unpaired) electrons. The molecule has 0 unspecified atom stereocenters. The lowest BCUT2D eigenvalue weighted by Crippen LogP contribution is -2.12. The van der Waals surface area contributed by atoms with Crippen LogP contribution in [-0.4, -0.2) is 32.6 Å². The van der Waals surface area contributed by atoms with E-state index >= 15 is 0 Å². The molecule has 1 fully saturated rings. The van der Waals surface area contributed by atoms with Gasteiger partial charge in [-0.15, -0.1) is 0 Å². The van der Waals surface area contributed by atoms with Crippen LogP contribution in [0.3, 0.4) is 0 Å². The Labute approximate surface area is 242 Å². The molecule has 2 aromatic carbocycles. The van der Waals surface area contributed by atoms with Gasteiger partial charge in [0.25, 0.3) is 0 Å². The molecule has 0 saturated heterocycles. The van der Waals surface area contributed by atoms with Gasteiger partial charge in [0.05, 0.1) is 6.61 Å². The van der Waals surface area contributed by atoms with E-state index in [4.69, 9.17) is 32.7 Å². The van der Waals surface area contributed by atoms with Crippen LogP contribution in [0.1, 0.15) is 37.9 Å². The fraction of sp³-hybridized carbons (Fsp3) is 0.345. The van der Waals surface area contributed by atoms with E-state index in [0.717, 1.165) is 30.3 Å². The molecule has 1 atom stereocenters. The van der Waals surface area contributed by atoms with Crippen molar-refractivity contribution in [1.29, 1.82) is 0 Å². The van der Waals surface area contributed by atoms with E-state index in [0.29, 0.717) is 38.6 Å².